The lowest BCUT2D eigenvalue weighted by molar-refractivity contribution is 0.508. The van der Waals surface area contributed by atoms with E-state index in [2.05, 4.69) is 131 Å². The lowest BCUT2D eigenvalue weighted by Crippen LogP contribution is -2.29. The molecule has 45 heavy (non-hydrogen) atoms. The number of nitrogens with one attached hydrogen (secondary N) is 1. The van der Waals surface area contributed by atoms with Gasteiger partial charge in [0, 0.05) is 47.4 Å². The number of furan rings is 1. The number of aliphatic imine (C=N–C) groups is 1. The van der Waals surface area contributed by atoms with Gasteiger partial charge in [-0.15, -0.1) is 11.3 Å². The zero-order valence-corrected chi connectivity index (χ0v) is 24.9. The van der Waals surface area contributed by atoms with Crippen molar-refractivity contribution in [1.29, 1.82) is 0 Å². The van der Waals surface area contributed by atoms with Crippen molar-refractivity contribution in [3.8, 4) is 0 Å². The van der Waals surface area contributed by atoms with Gasteiger partial charge in [-0.25, -0.2) is 4.99 Å². The smallest absolute Gasteiger partial charge is 0.201 e. The lowest BCUT2D eigenvalue weighted by atomic mass is 10.0. The van der Waals surface area contributed by atoms with Crippen LogP contribution in [0.15, 0.2) is 149 Å². The van der Waals surface area contributed by atoms with E-state index in [1.807, 2.05) is 29.5 Å². The van der Waals surface area contributed by atoms with Crippen LogP contribution in [-0.4, -0.2) is 10.3 Å². The lowest BCUT2D eigenvalue weighted by Gasteiger charge is -2.27. The number of rotatable bonds is 3. The molecule has 1 aliphatic heterocycles. The molecule has 0 spiro atoms. The summed E-state index contributed by atoms with van der Waals surface area (Å²) in [4.78, 5) is 5.34. The third-order valence-electron chi connectivity index (χ3n) is 9.03. The highest BCUT2D eigenvalue weighted by atomic mass is 32.1. The fourth-order valence-corrected chi connectivity index (χ4v) is 8.08. The molecule has 0 radical (unpaired) electrons. The highest BCUT2D eigenvalue weighted by Crippen LogP contribution is 2.43. The summed E-state index contributed by atoms with van der Waals surface area (Å²) < 4.78 is 11.2. The van der Waals surface area contributed by atoms with Gasteiger partial charge in [0.2, 0.25) is 6.29 Å². The van der Waals surface area contributed by atoms with Gasteiger partial charge in [-0.2, -0.15) is 0 Å². The quantitative estimate of drug-likeness (QED) is 0.221. The molecular weight excluding hydrogens is 571 g/mol. The molecule has 9 aromatic rings. The van der Waals surface area contributed by atoms with Crippen molar-refractivity contribution < 1.29 is 4.42 Å². The Morgan fingerprint density at radius 2 is 1.24 bits per heavy atom. The maximum absolute atomic E-state index is 6.29. The van der Waals surface area contributed by atoms with E-state index in [1.165, 1.54) is 36.3 Å². The van der Waals surface area contributed by atoms with E-state index >= 15 is 0 Å². The van der Waals surface area contributed by atoms with Crippen LogP contribution in [0.1, 0.15) is 17.4 Å². The average Bonchev–Trinajstić information content (AvgIpc) is 3.75. The molecule has 212 valence electrons. The summed E-state index contributed by atoms with van der Waals surface area (Å²) in [7, 11) is 0. The van der Waals surface area contributed by atoms with Crippen LogP contribution in [-0.2, 0) is 0 Å². The number of hydrogen-bond acceptors (Lipinski definition) is 4. The molecular formula is C40H25N3OS. The molecule has 5 heteroatoms. The maximum Gasteiger partial charge on any atom is 0.201 e. The average molecular weight is 596 g/mol. The van der Waals surface area contributed by atoms with Crippen molar-refractivity contribution >= 4 is 86.7 Å². The molecule has 6 aromatic carbocycles. The number of para-hydroxylation sites is 2. The normalized spacial score (nSPS) is 15.3. The minimum Gasteiger partial charge on any atom is -0.456 e. The van der Waals surface area contributed by atoms with Gasteiger partial charge in [-0.05, 0) is 53.6 Å². The minimum absolute atomic E-state index is 0.330. The number of fused-ring (bicyclic) bond motifs is 9. The summed E-state index contributed by atoms with van der Waals surface area (Å²) >= 11 is 1.84. The van der Waals surface area contributed by atoms with Gasteiger partial charge < -0.3 is 14.3 Å². The summed E-state index contributed by atoms with van der Waals surface area (Å²) in [5, 5.41) is 11.0. The SMILES string of the molecule is C1=C(c2ccccc2)NC(n2c3ccccc3c3cc4c(cc32)sc2cc3c(cc24)oc2ccccc23)N=C1c1ccccc1. The largest absolute Gasteiger partial charge is 0.456 e. The second-order valence-corrected chi connectivity index (χ2v) is 12.7. The standard InChI is InChI=1S/C40H25N3OS/c1-3-11-24(12-4-1)32-22-33(25-13-5-2-6-14-25)42-40(41-32)43-34-17-9-7-15-26(34)28-19-30-31-20-37-29(27-16-8-10-18-36(27)44-37)21-38(31)45-39(30)23-35(28)43/h1-23,40-41H. The van der Waals surface area contributed by atoms with Crippen LogP contribution in [0.5, 0.6) is 0 Å². The predicted octanol–water partition coefficient (Wildman–Crippen LogP) is 10.7. The summed E-state index contributed by atoms with van der Waals surface area (Å²) in [5.74, 6) is 0. The molecule has 0 saturated carbocycles. The first-order valence-electron chi connectivity index (χ1n) is 15.2. The molecule has 1 aliphatic rings. The summed E-state index contributed by atoms with van der Waals surface area (Å²) in [6, 6.07) is 47.2. The number of benzene rings is 6. The molecule has 10 rings (SSSR count). The summed E-state index contributed by atoms with van der Waals surface area (Å²) in [6.45, 7) is 0. The predicted molar refractivity (Wildman–Crippen MR) is 189 cm³/mol. The fraction of sp³-hybridized carbons (Fsp3) is 0.0250. The van der Waals surface area contributed by atoms with Crippen molar-refractivity contribution in [2.45, 2.75) is 6.29 Å². The summed E-state index contributed by atoms with van der Waals surface area (Å²) in [6.07, 6.45) is 1.84. The Morgan fingerprint density at radius 1 is 0.556 bits per heavy atom. The van der Waals surface area contributed by atoms with Crippen LogP contribution in [0.4, 0.5) is 0 Å². The first-order chi connectivity index (χ1) is 22.3. The van der Waals surface area contributed by atoms with Crippen LogP contribution >= 0.6 is 11.3 Å². The van der Waals surface area contributed by atoms with Gasteiger partial charge in [0.05, 0.1) is 16.7 Å². The van der Waals surface area contributed by atoms with Crippen molar-refractivity contribution in [3.05, 3.63) is 151 Å². The molecule has 0 aliphatic carbocycles. The maximum atomic E-state index is 6.29. The van der Waals surface area contributed by atoms with Crippen LogP contribution in [0.3, 0.4) is 0 Å². The topological polar surface area (TPSA) is 42.5 Å². The van der Waals surface area contributed by atoms with Gasteiger partial charge in [-0.3, -0.25) is 0 Å². The van der Waals surface area contributed by atoms with E-state index in [4.69, 9.17) is 9.41 Å². The van der Waals surface area contributed by atoms with Crippen LogP contribution in [0.2, 0.25) is 0 Å². The highest BCUT2D eigenvalue weighted by molar-refractivity contribution is 7.26. The molecule has 4 nitrogen and oxygen atoms in total. The minimum atomic E-state index is -0.330. The number of hydrogen-bond donors (Lipinski definition) is 1. The van der Waals surface area contributed by atoms with Crippen LogP contribution in [0.25, 0.3) is 69.6 Å². The van der Waals surface area contributed by atoms with E-state index < -0.39 is 0 Å². The molecule has 4 heterocycles. The summed E-state index contributed by atoms with van der Waals surface area (Å²) in [5.41, 5.74) is 8.42. The monoisotopic (exact) mass is 595 g/mol. The van der Waals surface area contributed by atoms with E-state index in [0.717, 1.165) is 50.1 Å². The van der Waals surface area contributed by atoms with E-state index in [-0.39, 0.29) is 6.29 Å². The molecule has 0 saturated heterocycles. The molecule has 0 amide bonds. The molecule has 1 unspecified atom stereocenters. The van der Waals surface area contributed by atoms with Crippen molar-refractivity contribution in [2.75, 3.05) is 0 Å². The Balaban J connectivity index is 1.22. The zero-order valence-electron chi connectivity index (χ0n) is 24.1. The Kier molecular flexibility index (Phi) is 5.18. The third kappa shape index (κ3) is 3.74. The Labute approximate surface area is 262 Å². The van der Waals surface area contributed by atoms with E-state index in [9.17, 15) is 0 Å². The van der Waals surface area contributed by atoms with E-state index in [1.54, 1.807) is 0 Å². The van der Waals surface area contributed by atoms with Gasteiger partial charge in [0.1, 0.15) is 11.2 Å². The molecule has 0 fully saturated rings. The zero-order chi connectivity index (χ0) is 29.5. The number of aromatic nitrogens is 1. The Morgan fingerprint density at radius 3 is 2.09 bits per heavy atom. The van der Waals surface area contributed by atoms with Crippen LogP contribution < -0.4 is 5.32 Å². The van der Waals surface area contributed by atoms with Gasteiger partial charge in [0.25, 0.3) is 0 Å². The molecule has 0 bridgehead atoms. The third-order valence-corrected chi connectivity index (χ3v) is 10.1. The molecule has 3 aromatic heterocycles. The van der Waals surface area contributed by atoms with Crippen molar-refractivity contribution in [1.82, 2.24) is 9.88 Å². The number of thiophene rings is 1. The second-order valence-electron chi connectivity index (χ2n) is 11.6. The van der Waals surface area contributed by atoms with Crippen molar-refractivity contribution in [2.24, 2.45) is 4.99 Å². The van der Waals surface area contributed by atoms with Crippen molar-refractivity contribution in [3.63, 3.8) is 0 Å². The first kappa shape index (κ1) is 24.8. The fourth-order valence-electron chi connectivity index (χ4n) is 6.94. The van der Waals surface area contributed by atoms with Gasteiger partial charge >= 0.3 is 0 Å². The van der Waals surface area contributed by atoms with E-state index in [0.29, 0.717) is 0 Å². The highest BCUT2D eigenvalue weighted by Gasteiger charge is 2.24. The van der Waals surface area contributed by atoms with Gasteiger partial charge in [0.15, 0.2) is 0 Å². The number of allylic oxidation sites excluding steroid dienone is 1. The Bertz CT molecular complexity index is 2680. The molecule has 1 atom stereocenters. The Hall–Kier alpha value is -5.65. The number of nitrogens with zero attached hydrogens (tertiary/aromatic N) is 2. The molecule has 1 N–H and O–H groups in total. The van der Waals surface area contributed by atoms with Crippen LogP contribution in [0, 0.1) is 0 Å². The van der Waals surface area contributed by atoms with Gasteiger partial charge in [-0.1, -0.05) is 97.1 Å². The first-order valence-corrected chi connectivity index (χ1v) is 16.0. The second kappa shape index (κ2) is 9.42.